The average Bonchev–Trinajstić information content (AvgIpc) is 3.11. The van der Waals surface area contributed by atoms with Gasteiger partial charge in [0.05, 0.1) is 19.0 Å². The van der Waals surface area contributed by atoms with Crippen molar-refractivity contribution in [2.45, 2.75) is 6.42 Å². The summed E-state index contributed by atoms with van der Waals surface area (Å²) in [6, 6.07) is 2.20. The quantitative estimate of drug-likeness (QED) is 0.717. The van der Waals surface area contributed by atoms with Crippen LogP contribution in [0, 0.1) is 0 Å². The van der Waals surface area contributed by atoms with E-state index in [4.69, 9.17) is 4.74 Å². The van der Waals surface area contributed by atoms with Crippen molar-refractivity contribution >= 4 is 11.5 Å². The number of pyridine rings is 1. The second kappa shape index (κ2) is 4.44. The van der Waals surface area contributed by atoms with E-state index in [0.29, 0.717) is 11.5 Å². The van der Waals surface area contributed by atoms with Crippen molar-refractivity contribution in [1.82, 2.24) is 19.4 Å². The maximum absolute atomic E-state index is 5.25. The summed E-state index contributed by atoms with van der Waals surface area (Å²) in [7, 11) is 3.67. The van der Waals surface area contributed by atoms with Crippen LogP contribution in [-0.2, 0) is 6.42 Å². The molecule has 0 aliphatic carbocycles. The van der Waals surface area contributed by atoms with E-state index < -0.39 is 0 Å². The summed E-state index contributed by atoms with van der Waals surface area (Å²) in [4.78, 5) is 15.3. The number of likely N-dealkylation sites (N-methyl/N-ethyl adjacent to an activating group) is 1. The molecule has 0 saturated carbocycles. The Bertz CT molecular complexity index is 826. The lowest BCUT2D eigenvalue weighted by molar-refractivity contribution is 0.400. The molecule has 0 amide bonds. The number of ether oxygens (including phenoxy) is 1. The van der Waals surface area contributed by atoms with Gasteiger partial charge < -0.3 is 9.64 Å². The Morgan fingerprint density at radius 1 is 1.19 bits per heavy atom. The van der Waals surface area contributed by atoms with Crippen molar-refractivity contribution in [3.05, 3.63) is 36.4 Å². The molecule has 6 nitrogen and oxygen atoms in total. The van der Waals surface area contributed by atoms with E-state index in [1.54, 1.807) is 13.3 Å². The number of aromatic nitrogens is 4. The van der Waals surface area contributed by atoms with Gasteiger partial charge in [0.15, 0.2) is 0 Å². The third-order valence-corrected chi connectivity index (χ3v) is 3.91. The Labute approximate surface area is 122 Å². The highest BCUT2D eigenvalue weighted by atomic mass is 16.5. The monoisotopic (exact) mass is 281 g/mol. The number of rotatable bonds is 2. The second-order valence-corrected chi connectivity index (χ2v) is 5.15. The third kappa shape index (κ3) is 1.75. The average molecular weight is 281 g/mol. The highest BCUT2D eigenvalue weighted by Gasteiger charge is 2.19. The minimum atomic E-state index is 0.526. The molecule has 4 heterocycles. The molecular weight excluding hydrogens is 266 g/mol. The predicted molar refractivity (Wildman–Crippen MR) is 79.7 cm³/mol. The topological polar surface area (TPSA) is 55.6 Å². The standard InChI is InChI=1S/C15H15N5O/c1-19-5-3-10-7-11(8-17-13(10)19)12-9-18-14-15(21-2)16-4-6-20(12)14/h4,6-9H,3,5H2,1-2H3. The van der Waals surface area contributed by atoms with Gasteiger partial charge in [-0.05, 0) is 18.1 Å². The van der Waals surface area contributed by atoms with E-state index in [1.807, 2.05) is 23.0 Å². The molecule has 0 saturated heterocycles. The minimum Gasteiger partial charge on any atom is -0.478 e. The van der Waals surface area contributed by atoms with Gasteiger partial charge in [0.2, 0.25) is 5.65 Å². The van der Waals surface area contributed by atoms with Crippen LogP contribution in [0.4, 0.5) is 5.82 Å². The maximum atomic E-state index is 5.25. The van der Waals surface area contributed by atoms with E-state index in [9.17, 15) is 0 Å². The number of anilines is 1. The first-order valence-electron chi connectivity index (χ1n) is 6.84. The molecule has 3 aromatic rings. The zero-order valence-electron chi connectivity index (χ0n) is 11.9. The van der Waals surface area contributed by atoms with E-state index in [2.05, 4.69) is 33.0 Å². The lowest BCUT2D eigenvalue weighted by Gasteiger charge is -2.10. The fourth-order valence-corrected chi connectivity index (χ4v) is 2.82. The highest BCUT2D eigenvalue weighted by Crippen LogP contribution is 2.30. The Morgan fingerprint density at radius 3 is 2.95 bits per heavy atom. The first-order chi connectivity index (χ1) is 10.3. The fourth-order valence-electron chi connectivity index (χ4n) is 2.82. The lowest BCUT2D eigenvalue weighted by atomic mass is 10.1. The van der Waals surface area contributed by atoms with E-state index in [-0.39, 0.29) is 0 Å². The van der Waals surface area contributed by atoms with Crippen LogP contribution in [0.3, 0.4) is 0 Å². The van der Waals surface area contributed by atoms with Gasteiger partial charge in [-0.25, -0.2) is 15.0 Å². The highest BCUT2D eigenvalue weighted by molar-refractivity contribution is 5.68. The largest absolute Gasteiger partial charge is 0.478 e. The van der Waals surface area contributed by atoms with Crippen LogP contribution in [0.1, 0.15) is 5.56 Å². The van der Waals surface area contributed by atoms with E-state index >= 15 is 0 Å². The number of fused-ring (bicyclic) bond motifs is 2. The first kappa shape index (κ1) is 12.1. The van der Waals surface area contributed by atoms with Crippen molar-refractivity contribution in [3.63, 3.8) is 0 Å². The number of hydrogen-bond donors (Lipinski definition) is 0. The molecule has 0 unspecified atom stereocenters. The summed E-state index contributed by atoms with van der Waals surface area (Å²) >= 11 is 0. The molecule has 4 rings (SSSR count). The molecule has 0 N–H and O–H groups in total. The van der Waals surface area contributed by atoms with Gasteiger partial charge >= 0.3 is 0 Å². The molecule has 1 aliphatic rings. The lowest BCUT2D eigenvalue weighted by Crippen LogP contribution is -2.13. The van der Waals surface area contributed by atoms with Crippen LogP contribution in [-0.4, -0.2) is 40.1 Å². The Morgan fingerprint density at radius 2 is 2.10 bits per heavy atom. The normalized spacial score (nSPS) is 13.7. The SMILES string of the molecule is COc1nccn2c(-c3cnc4c(c3)CCN4C)cnc12. The number of hydrogen-bond acceptors (Lipinski definition) is 5. The van der Waals surface area contributed by atoms with Crippen molar-refractivity contribution in [2.24, 2.45) is 0 Å². The molecule has 3 aromatic heterocycles. The summed E-state index contributed by atoms with van der Waals surface area (Å²) in [5, 5.41) is 0. The van der Waals surface area contributed by atoms with Crippen LogP contribution in [0.2, 0.25) is 0 Å². The molecule has 0 aromatic carbocycles. The van der Waals surface area contributed by atoms with Crippen molar-refractivity contribution in [1.29, 1.82) is 0 Å². The van der Waals surface area contributed by atoms with Crippen LogP contribution in [0.25, 0.3) is 16.9 Å². The summed E-state index contributed by atoms with van der Waals surface area (Å²) < 4.78 is 7.23. The Balaban J connectivity index is 1.88. The number of imidazole rings is 1. The van der Waals surface area contributed by atoms with Gasteiger partial charge in [0.25, 0.3) is 5.88 Å². The predicted octanol–water partition coefficient (Wildman–Crippen LogP) is 1.79. The van der Waals surface area contributed by atoms with Gasteiger partial charge in [0.1, 0.15) is 5.82 Å². The molecule has 1 aliphatic heterocycles. The van der Waals surface area contributed by atoms with Crippen molar-refractivity contribution in [2.75, 3.05) is 25.6 Å². The fraction of sp³-hybridized carbons (Fsp3) is 0.267. The molecule has 6 heteroatoms. The molecule has 0 fully saturated rings. The third-order valence-electron chi connectivity index (χ3n) is 3.91. The van der Waals surface area contributed by atoms with E-state index in [1.165, 1.54) is 5.56 Å². The van der Waals surface area contributed by atoms with Gasteiger partial charge in [-0.2, -0.15) is 0 Å². The van der Waals surface area contributed by atoms with Crippen LogP contribution in [0.5, 0.6) is 5.88 Å². The first-order valence-corrected chi connectivity index (χ1v) is 6.84. The van der Waals surface area contributed by atoms with Crippen molar-refractivity contribution < 1.29 is 4.74 Å². The number of nitrogens with zero attached hydrogens (tertiary/aromatic N) is 5. The van der Waals surface area contributed by atoms with Crippen LogP contribution in [0.15, 0.2) is 30.9 Å². The molecule has 21 heavy (non-hydrogen) atoms. The zero-order chi connectivity index (χ0) is 14.4. The van der Waals surface area contributed by atoms with Gasteiger partial charge in [-0.1, -0.05) is 0 Å². The molecule has 0 radical (unpaired) electrons. The Hall–Kier alpha value is -2.63. The molecule has 106 valence electrons. The summed E-state index contributed by atoms with van der Waals surface area (Å²) in [5.74, 6) is 1.60. The van der Waals surface area contributed by atoms with Crippen LogP contribution >= 0.6 is 0 Å². The minimum absolute atomic E-state index is 0.526. The summed E-state index contributed by atoms with van der Waals surface area (Å²) in [5.41, 5.74) is 4.05. The molecule has 0 spiro atoms. The summed E-state index contributed by atoms with van der Waals surface area (Å²) in [6.07, 6.45) is 8.37. The zero-order valence-corrected chi connectivity index (χ0v) is 11.9. The molecule has 0 atom stereocenters. The van der Waals surface area contributed by atoms with Gasteiger partial charge in [0, 0.05) is 37.7 Å². The molecule has 0 bridgehead atoms. The van der Waals surface area contributed by atoms with Gasteiger partial charge in [-0.3, -0.25) is 4.40 Å². The smallest absolute Gasteiger partial charge is 0.258 e. The maximum Gasteiger partial charge on any atom is 0.258 e. The van der Waals surface area contributed by atoms with Gasteiger partial charge in [-0.15, -0.1) is 0 Å². The number of methoxy groups -OCH3 is 1. The summed E-state index contributed by atoms with van der Waals surface area (Å²) in [6.45, 7) is 1.02. The Kier molecular flexibility index (Phi) is 2.57. The van der Waals surface area contributed by atoms with Crippen LogP contribution < -0.4 is 9.64 Å². The second-order valence-electron chi connectivity index (χ2n) is 5.15. The van der Waals surface area contributed by atoms with Crippen molar-refractivity contribution in [3.8, 4) is 17.1 Å². The molecular formula is C15H15N5O. The van der Waals surface area contributed by atoms with E-state index in [0.717, 1.165) is 30.0 Å².